The number of piperidine rings is 1. The van der Waals surface area contributed by atoms with Gasteiger partial charge in [0.05, 0.1) is 11.3 Å². The number of nitrogens with zero attached hydrogens (tertiary/aromatic N) is 3. The van der Waals surface area contributed by atoms with Crippen LogP contribution in [0.5, 0.6) is 0 Å². The number of aromatic amines is 1. The first-order chi connectivity index (χ1) is 18.0. The molecule has 1 unspecified atom stereocenters. The summed E-state index contributed by atoms with van der Waals surface area (Å²) in [6.07, 6.45) is 11.2. The number of carbonyl (C=O) groups is 1. The Morgan fingerprint density at radius 1 is 1.24 bits per heavy atom. The predicted octanol–water partition coefficient (Wildman–Crippen LogP) is 2.24. The Hall–Kier alpha value is -3.83. The second-order valence-electron chi connectivity index (χ2n) is 8.93. The summed E-state index contributed by atoms with van der Waals surface area (Å²) in [5.74, 6) is 3.06. The number of likely N-dealkylation sites (tertiary alicyclic amines) is 1. The van der Waals surface area contributed by atoms with Gasteiger partial charge >= 0.3 is 128 Å². The maximum Gasteiger partial charge on any atom is 0.0936 e. The summed E-state index contributed by atoms with van der Waals surface area (Å²) in [5, 5.41) is 7.33. The number of para-hydroxylation sites is 1. The largest absolute Gasteiger partial charge is 0.360 e. The molecule has 0 saturated carbocycles. The molecule has 1 aliphatic rings. The Balaban J connectivity index is 1.24. The van der Waals surface area contributed by atoms with Crippen molar-refractivity contribution in [1.82, 2.24) is 19.9 Å². The SMILES string of the molecule is C#Cc1cnc(N[C@@H]2CCCN(CC(=O)Nc3ccc([As](=O)O)cc3)C2)nc1-c1c[nH]c2ccccc12. The van der Waals surface area contributed by atoms with Crippen molar-refractivity contribution in [1.29, 1.82) is 0 Å². The van der Waals surface area contributed by atoms with Crippen LogP contribution in [0.25, 0.3) is 22.2 Å². The summed E-state index contributed by atoms with van der Waals surface area (Å²) in [7, 11) is 0. The zero-order chi connectivity index (χ0) is 25.8. The van der Waals surface area contributed by atoms with Crippen molar-refractivity contribution >= 4 is 47.7 Å². The van der Waals surface area contributed by atoms with Crippen LogP contribution in [-0.2, 0) is 8.53 Å². The second kappa shape index (κ2) is 11.1. The minimum Gasteiger partial charge on any atom is -0.360 e. The number of terminal acetylenes is 1. The minimum atomic E-state index is -3.15. The maximum atomic E-state index is 12.6. The van der Waals surface area contributed by atoms with E-state index in [-0.39, 0.29) is 18.5 Å². The Labute approximate surface area is 219 Å². The van der Waals surface area contributed by atoms with E-state index >= 15 is 0 Å². The van der Waals surface area contributed by atoms with Crippen LogP contribution in [0, 0.1) is 12.3 Å². The van der Waals surface area contributed by atoms with E-state index in [1.54, 1.807) is 30.5 Å². The third kappa shape index (κ3) is 5.78. The van der Waals surface area contributed by atoms with Crippen molar-refractivity contribution in [2.75, 3.05) is 30.3 Å². The first kappa shape index (κ1) is 24.8. The predicted molar refractivity (Wildman–Crippen MR) is 144 cm³/mol. The van der Waals surface area contributed by atoms with Gasteiger partial charge in [0.2, 0.25) is 0 Å². The zero-order valence-electron chi connectivity index (χ0n) is 20.0. The van der Waals surface area contributed by atoms with E-state index in [1.165, 1.54) is 0 Å². The molecule has 2 atom stereocenters. The molecule has 4 N–H and O–H groups in total. The molecule has 9 nitrogen and oxygen atoms in total. The second-order valence-corrected chi connectivity index (χ2v) is 11.2. The van der Waals surface area contributed by atoms with Crippen molar-refractivity contribution in [3.8, 4) is 23.6 Å². The molecular weight excluding hydrogens is 531 g/mol. The van der Waals surface area contributed by atoms with Gasteiger partial charge < -0.3 is 4.98 Å². The zero-order valence-corrected chi connectivity index (χ0v) is 21.9. The molecule has 10 heteroatoms. The topological polar surface area (TPSA) is 123 Å². The van der Waals surface area contributed by atoms with Gasteiger partial charge in [-0.25, -0.2) is 9.97 Å². The number of hydrogen-bond donors (Lipinski definition) is 4. The Bertz CT molecular complexity index is 1490. The molecule has 1 amide bonds. The average molecular weight is 557 g/mol. The molecule has 4 aromatic rings. The molecule has 1 radical (unpaired) electrons. The summed E-state index contributed by atoms with van der Waals surface area (Å²) in [6.45, 7) is 1.73. The summed E-state index contributed by atoms with van der Waals surface area (Å²) < 4.78 is 20.9. The summed E-state index contributed by atoms with van der Waals surface area (Å²) in [6, 6.07) is 14.5. The molecule has 1 fully saturated rings. The van der Waals surface area contributed by atoms with Gasteiger partial charge in [-0.15, -0.1) is 6.42 Å². The number of H-pyrrole nitrogens is 1. The number of benzene rings is 2. The van der Waals surface area contributed by atoms with Crippen molar-refractivity contribution < 1.29 is 12.6 Å². The van der Waals surface area contributed by atoms with Crippen LogP contribution in [0.15, 0.2) is 60.9 Å². The smallest absolute Gasteiger partial charge is 0.0936 e. The van der Waals surface area contributed by atoms with Gasteiger partial charge in [-0.3, -0.25) is 0 Å². The molecular formula is C27H26AsN6O3. The number of hydrogen-bond acceptors (Lipinski definition) is 6. The molecule has 3 heterocycles. The number of carbonyl (C=O) groups excluding carboxylic acids is 1. The van der Waals surface area contributed by atoms with E-state index in [1.807, 2.05) is 30.5 Å². The molecule has 2 aromatic heterocycles. The fourth-order valence-corrected chi connectivity index (χ4v) is 5.45. The van der Waals surface area contributed by atoms with Crippen molar-refractivity contribution in [2.45, 2.75) is 18.9 Å². The van der Waals surface area contributed by atoms with E-state index in [9.17, 15) is 12.6 Å². The summed E-state index contributed by atoms with van der Waals surface area (Å²) in [4.78, 5) is 27.2. The van der Waals surface area contributed by atoms with E-state index in [0.29, 0.717) is 33.8 Å². The molecule has 0 spiro atoms. The molecule has 0 bridgehead atoms. The fourth-order valence-electron chi connectivity index (χ4n) is 4.61. The first-order valence-electron chi connectivity index (χ1n) is 12.0. The summed E-state index contributed by atoms with van der Waals surface area (Å²) >= 11 is -3.15. The number of nitrogens with one attached hydrogen (secondary N) is 3. The third-order valence-electron chi connectivity index (χ3n) is 6.37. The van der Waals surface area contributed by atoms with Crippen LogP contribution in [0.2, 0.25) is 0 Å². The third-order valence-corrected chi connectivity index (χ3v) is 7.92. The van der Waals surface area contributed by atoms with Gasteiger partial charge in [0.1, 0.15) is 0 Å². The molecule has 1 saturated heterocycles. The molecule has 1 aliphatic heterocycles. The van der Waals surface area contributed by atoms with Gasteiger partial charge in [0.25, 0.3) is 0 Å². The number of aromatic nitrogens is 3. The molecule has 2 aromatic carbocycles. The van der Waals surface area contributed by atoms with Crippen molar-refractivity contribution in [3.63, 3.8) is 0 Å². The van der Waals surface area contributed by atoms with Crippen LogP contribution in [0.4, 0.5) is 11.6 Å². The standard InChI is InChI=1S/C27H26AsN6O3/c1-2-18-14-30-27(33-26(18)23-15-29-24-8-4-3-7-22(23)24)32-21-6-5-13-34(16-21)17-25(35)31-20-11-9-19(10-12-20)28(36)37/h1,3-4,7-12,14-15,21,29H,5-6,13,16-17H2,(H,31,35)(H,36,37)(H,30,32,33)/t21-/m1/s1. The van der Waals surface area contributed by atoms with Gasteiger partial charge in [0, 0.05) is 28.9 Å². The molecule has 0 aliphatic carbocycles. The Kier molecular flexibility index (Phi) is 7.42. The van der Waals surface area contributed by atoms with Crippen LogP contribution in [0.1, 0.15) is 18.4 Å². The minimum absolute atomic E-state index is 0.0806. The maximum absolute atomic E-state index is 12.6. The van der Waals surface area contributed by atoms with E-state index in [2.05, 4.69) is 31.4 Å². The summed E-state index contributed by atoms with van der Waals surface area (Å²) in [5.41, 5.74) is 3.86. The van der Waals surface area contributed by atoms with Gasteiger partial charge in [-0.2, -0.15) is 0 Å². The number of fused-ring (bicyclic) bond motifs is 1. The van der Waals surface area contributed by atoms with Crippen LogP contribution >= 0.6 is 0 Å². The number of anilines is 2. The van der Waals surface area contributed by atoms with Gasteiger partial charge in [-0.1, -0.05) is 24.1 Å². The normalized spacial score (nSPS) is 16.2. The number of rotatable bonds is 7. The quantitative estimate of drug-likeness (QED) is 0.203. The van der Waals surface area contributed by atoms with Crippen molar-refractivity contribution in [2.24, 2.45) is 0 Å². The van der Waals surface area contributed by atoms with E-state index in [4.69, 9.17) is 11.4 Å². The average Bonchev–Trinajstić information content (AvgIpc) is 3.33. The van der Waals surface area contributed by atoms with Crippen LogP contribution in [0.3, 0.4) is 0 Å². The Morgan fingerprint density at radius 2 is 2.05 bits per heavy atom. The van der Waals surface area contributed by atoms with Gasteiger partial charge in [0.15, 0.2) is 0 Å². The van der Waals surface area contributed by atoms with Crippen molar-refractivity contribution in [3.05, 3.63) is 66.5 Å². The monoisotopic (exact) mass is 557 g/mol. The van der Waals surface area contributed by atoms with E-state index < -0.39 is 14.9 Å². The fraction of sp³-hybridized carbons (Fsp3) is 0.222. The molecule has 5 rings (SSSR count). The number of amides is 1. The van der Waals surface area contributed by atoms with Crippen LogP contribution in [-0.4, -0.2) is 70.5 Å². The van der Waals surface area contributed by atoms with Crippen LogP contribution < -0.4 is 15.0 Å². The van der Waals surface area contributed by atoms with Gasteiger partial charge in [-0.05, 0) is 6.07 Å². The Morgan fingerprint density at radius 3 is 2.84 bits per heavy atom. The first-order valence-corrected chi connectivity index (χ1v) is 14.5. The molecule has 37 heavy (non-hydrogen) atoms. The van der Waals surface area contributed by atoms with E-state index in [0.717, 1.165) is 35.9 Å². The molecule has 187 valence electrons.